The molecule has 0 saturated carbocycles. The summed E-state index contributed by atoms with van der Waals surface area (Å²) in [5.41, 5.74) is 4.19. The van der Waals surface area contributed by atoms with E-state index in [-0.39, 0.29) is 0 Å². The first-order valence-corrected chi connectivity index (χ1v) is 8.48. The summed E-state index contributed by atoms with van der Waals surface area (Å²) in [5.74, 6) is 0.444. The smallest absolute Gasteiger partial charge is 0.0991 e. The van der Waals surface area contributed by atoms with Crippen LogP contribution >= 0.6 is 0 Å². The van der Waals surface area contributed by atoms with Gasteiger partial charge in [-0.3, -0.25) is 0 Å². The molecule has 4 nitrogen and oxygen atoms in total. The third-order valence-electron chi connectivity index (χ3n) is 4.68. The van der Waals surface area contributed by atoms with E-state index in [1.807, 2.05) is 30.3 Å². The van der Waals surface area contributed by atoms with E-state index in [9.17, 15) is 5.11 Å². The lowest BCUT2D eigenvalue weighted by Crippen LogP contribution is -2.35. The Bertz CT molecular complexity index is 698. The Morgan fingerprint density at radius 3 is 2.46 bits per heavy atom. The van der Waals surface area contributed by atoms with Crippen LogP contribution in [-0.2, 0) is 6.54 Å². The molecule has 3 rings (SSSR count). The van der Waals surface area contributed by atoms with Gasteiger partial charge in [0.1, 0.15) is 0 Å². The van der Waals surface area contributed by atoms with E-state index in [0.29, 0.717) is 18.1 Å². The molecule has 0 aromatic heterocycles. The minimum Gasteiger partial charge on any atom is -0.396 e. The normalized spacial score (nSPS) is 15.1. The van der Waals surface area contributed by atoms with E-state index in [1.54, 1.807) is 0 Å². The van der Waals surface area contributed by atoms with Gasteiger partial charge in [0.05, 0.1) is 23.0 Å². The van der Waals surface area contributed by atoms with Crippen molar-refractivity contribution in [2.75, 3.05) is 29.9 Å². The van der Waals surface area contributed by atoms with Crippen LogP contribution in [0, 0.1) is 17.2 Å². The molecule has 0 spiro atoms. The second kappa shape index (κ2) is 7.85. The average Bonchev–Trinajstić information content (AvgIpc) is 2.67. The average molecular weight is 321 g/mol. The van der Waals surface area contributed by atoms with Crippen molar-refractivity contribution in [1.29, 1.82) is 5.26 Å². The van der Waals surface area contributed by atoms with Crippen LogP contribution < -0.4 is 10.2 Å². The minimum absolute atomic E-state index is 0.298. The van der Waals surface area contributed by atoms with Gasteiger partial charge in [-0.05, 0) is 48.6 Å². The van der Waals surface area contributed by atoms with Gasteiger partial charge in [0.2, 0.25) is 0 Å². The largest absolute Gasteiger partial charge is 0.396 e. The van der Waals surface area contributed by atoms with E-state index in [0.717, 1.165) is 43.7 Å². The fourth-order valence-electron chi connectivity index (χ4n) is 3.15. The highest BCUT2D eigenvalue weighted by Crippen LogP contribution is 2.30. The SMILES string of the molecule is N#Cc1ccc(CNc2ccccc2N2CCC(CO)CC2)cc1. The van der Waals surface area contributed by atoms with Crippen LogP contribution in [0.4, 0.5) is 11.4 Å². The molecular formula is C20H23N3O. The maximum Gasteiger partial charge on any atom is 0.0991 e. The molecule has 4 heteroatoms. The van der Waals surface area contributed by atoms with Crippen LogP contribution in [0.3, 0.4) is 0 Å². The molecule has 2 N–H and O–H groups in total. The highest BCUT2D eigenvalue weighted by molar-refractivity contribution is 5.70. The Hall–Kier alpha value is -2.51. The second-order valence-electron chi connectivity index (χ2n) is 6.29. The molecule has 0 amide bonds. The minimum atomic E-state index is 0.298. The maximum atomic E-state index is 9.30. The summed E-state index contributed by atoms with van der Waals surface area (Å²) in [7, 11) is 0. The van der Waals surface area contributed by atoms with Gasteiger partial charge in [0.15, 0.2) is 0 Å². The van der Waals surface area contributed by atoms with E-state index >= 15 is 0 Å². The van der Waals surface area contributed by atoms with Gasteiger partial charge < -0.3 is 15.3 Å². The van der Waals surface area contributed by atoms with E-state index in [2.05, 4.69) is 34.5 Å². The zero-order valence-corrected chi connectivity index (χ0v) is 13.8. The van der Waals surface area contributed by atoms with Crippen molar-refractivity contribution in [2.24, 2.45) is 5.92 Å². The molecule has 0 radical (unpaired) electrons. The number of anilines is 2. The van der Waals surface area contributed by atoms with Crippen LogP contribution in [0.5, 0.6) is 0 Å². The van der Waals surface area contributed by atoms with Gasteiger partial charge in [-0.2, -0.15) is 5.26 Å². The summed E-state index contributed by atoms with van der Waals surface area (Å²) in [5, 5.41) is 21.7. The quantitative estimate of drug-likeness (QED) is 0.886. The first-order valence-electron chi connectivity index (χ1n) is 8.48. The molecule has 0 unspecified atom stereocenters. The van der Waals surface area contributed by atoms with Crippen LogP contribution in [0.25, 0.3) is 0 Å². The number of hydrogen-bond donors (Lipinski definition) is 2. The summed E-state index contributed by atoms with van der Waals surface area (Å²) in [6, 6.07) is 18.2. The molecule has 0 bridgehead atoms. The fourth-order valence-corrected chi connectivity index (χ4v) is 3.15. The number of hydrogen-bond acceptors (Lipinski definition) is 4. The first kappa shape index (κ1) is 16.4. The van der Waals surface area contributed by atoms with Crippen LogP contribution in [0.1, 0.15) is 24.0 Å². The van der Waals surface area contributed by atoms with Gasteiger partial charge in [-0.15, -0.1) is 0 Å². The lowest BCUT2D eigenvalue weighted by molar-refractivity contribution is 0.203. The van der Waals surface area contributed by atoms with Crippen LogP contribution in [0.15, 0.2) is 48.5 Å². The topological polar surface area (TPSA) is 59.3 Å². The van der Waals surface area contributed by atoms with E-state index in [4.69, 9.17) is 5.26 Å². The Labute approximate surface area is 143 Å². The number of nitrogens with zero attached hydrogens (tertiary/aromatic N) is 2. The standard InChI is InChI=1S/C20H23N3O/c21-13-16-5-7-17(8-6-16)14-22-19-3-1-2-4-20(19)23-11-9-18(15-24)10-12-23/h1-8,18,22,24H,9-12,14-15H2. The summed E-state index contributed by atoms with van der Waals surface area (Å²) in [6.45, 7) is 3.00. The molecule has 1 saturated heterocycles. The Morgan fingerprint density at radius 2 is 1.79 bits per heavy atom. The van der Waals surface area contributed by atoms with Crippen LogP contribution in [0.2, 0.25) is 0 Å². The Morgan fingerprint density at radius 1 is 1.08 bits per heavy atom. The van der Waals surface area contributed by atoms with Crippen molar-refractivity contribution in [1.82, 2.24) is 0 Å². The summed E-state index contributed by atoms with van der Waals surface area (Å²) >= 11 is 0. The zero-order valence-electron chi connectivity index (χ0n) is 13.8. The number of nitrogens with one attached hydrogen (secondary N) is 1. The fraction of sp³-hybridized carbons (Fsp3) is 0.350. The van der Waals surface area contributed by atoms with E-state index in [1.165, 1.54) is 5.69 Å². The Kier molecular flexibility index (Phi) is 5.35. The van der Waals surface area contributed by atoms with Crippen molar-refractivity contribution >= 4 is 11.4 Å². The number of rotatable bonds is 5. The van der Waals surface area contributed by atoms with E-state index < -0.39 is 0 Å². The van der Waals surface area contributed by atoms with Crippen molar-refractivity contribution in [3.63, 3.8) is 0 Å². The molecule has 0 aliphatic carbocycles. The van der Waals surface area contributed by atoms with Gasteiger partial charge in [-0.25, -0.2) is 0 Å². The van der Waals surface area contributed by atoms with Crippen molar-refractivity contribution < 1.29 is 5.11 Å². The second-order valence-corrected chi connectivity index (χ2v) is 6.29. The molecule has 1 heterocycles. The third kappa shape index (κ3) is 3.87. The highest BCUT2D eigenvalue weighted by atomic mass is 16.3. The van der Waals surface area contributed by atoms with Gasteiger partial charge in [0, 0.05) is 26.2 Å². The molecule has 2 aromatic carbocycles. The molecule has 2 aromatic rings. The van der Waals surface area contributed by atoms with Crippen molar-refractivity contribution in [2.45, 2.75) is 19.4 Å². The molecule has 1 fully saturated rings. The number of aliphatic hydroxyl groups is 1. The molecule has 1 aliphatic rings. The van der Waals surface area contributed by atoms with Gasteiger partial charge in [-0.1, -0.05) is 24.3 Å². The molecule has 1 aliphatic heterocycles. The molecule has 0 atom stereocenters. The predicted octanol–water partition coefficient (Wildman–Crippen LogP) is 3.38. The summed E-state index contributed by atoms with van der Waals surface area (Å²) < 4.78 is 0. The summed E-state index contributed by atoms with van der Waals surface area (Å²) in [6.07, 6.45) is 2.08. The summed E-state index contributed by atoms with van der Waals surface area (Å²) in [4.78, 5) is 2.40. The van der Waals surface area contributed by atoms with Crippen molar-refractivity contribution in [3.8, 4) is 6.07 Å². The lowest BCUT2D eigenvalue weighted by atomic mass is 9.97. The molecular weight excluding hydrogens is 298 g/mol. The number of aliphatic hydroxyl groups excluding tert-OH is 1. The number of piperidine rings is 1. The first-order chi connectivity index (χ1) is 11.8. The Balaban J connectivity index is 1.67. The highest BCUT2D eigenvalue weighted by Gasteiger charge is 2.20. The maximum absolute atomic E-state index is 9.30. The zero-order chi connectivity index (χ0) is 16.8. The van der Waals surface area contributed by atoms with Crippen molar-refractivity contribution in [3.05, 3.63) is 59.7 Å². The van der Waals surface area contributed by atoms with Gasteiger partial charge >= 0.3 is 0 Å². The predicted molar refractivity (Wildman–Crippen MR) is 96.9 cm³/mol. The molecule has 124 valence electrons. The van der Waals surface area contributed by atoms with Crippen LogP contribution in [-0.4, -0.2) is 24.8 Å². The molecule has 24 heavy (non-hydrogen) atoms. The number of para-hydroxylation sites is 2. The number of nitriles is 1. The monoisotopic (exact) mass is 321 g/mol. The lowest BCUT2D eigenvalue weighted by Gasteiger charge is -2.34. The van der Waals surface area contributed by atoms with Gasteiger partial charge in [0.25, 0.3) is 0 Å². The number of benzene rings is 2. The third-order valence-corrected chi connectivity index (χ3v) is 4.68.